The van der Waals surface area contributed by atoms with Crippen molar-refractivity contribution in [2.24, 2.45) is 0 Å². The summed E-state index contributed by atoms with van der Waals surface area (Å²) in [5, 5.41) is 13.3. The molecule has 0 bridgehead atoms. The van der Waals surface area contributed by atoms with Crippen LogP contribution in [-0.2, 0) is 6.54 Å². The first-order chi connectivity index (χ1) is 9.49. The fraction of sp³-hybridized carbons (Fsp3) is 0.571. The maximum atomic E-state index is 11.1. The quantitative estimate of drug-likeness (QED) is 0.671. The summed E-state index contributed by atoms with van der Waals surface area (Å²) < 4.78 is 0.729. The molecule has 0 amide bonds. The molecule has 1 heterocycles. The third-order valence-electron chi connectivity index (χ3n) is 3.89. The molecule has 1 saturated heterocycles. The molecule has 0 radical (unpaired) electrons. The predicted octanol–water partition coefficient (Wildman–Crippen LogP) is 3.62. The van der Waals surface area contributed by atoms with Crippen molar-refractivity contribution in [2.45, 2.75) is 51.7 Å². The molecule has 110 valence electrons. The van der Waals surface area contributed by atoms with Crippen molar-refractivity contribution < 1.29 is 4.92 Å². The van der Waals surface area contributed by atoms with Gasteiger partial charge in [-0.25, -0.2) is 5.01 Å². The third-order valence-corrected chi connectivity index (χ3v) is 4.38. The summed E-state index contributed by atoms with van der Waals surface area (Å²) >= 11 is 3.28. The van der Waals surface area contributed by atoms with Crippen LogP contribution >= 0.6 is 15.9 Å². The SMILES string of the molecule is CC1CCCC(C)N1NCc1ccc(Br)cc1[N+](=O)[O-]. The summed E-state index contributed by atoms with van der Waals surface area (Å²) in [6.07, 6.45) is 3.58. The number of benzene rings is 1. The molecule has 2 rings (SSSR count). The van der Waals surface area contributed by atoms with Gasteiger partial charge in [0.1, 0.15) is 0 Å². The number of hydrazine groups is 1. The van der Waals surface area contributed by atoms with Crippen LogP contribution in [0.2, 0.25) is 0 Å². The van der Waals surface area contributed by atoms with Crippen LogP contribution in [-0.4, -0.2) is 22.0 Å². The lowest BCUT2D eigenvalue weighted by atomic mass is 10.00. The molecule has 0 aliphatic carbocycles. The average molecular weight is 342 g/mol. The highest BCUT2D eigenvalue weighted by Gasteiger charge is 2.25. The molecule has 1 N–H and O–H groups in total. The van der Waals surface area contributed by atoms with Gasteiger partial charge < -0.3 is 0 Å². The van der Waals surface area contributed by atoms with Crippen molar-refractivity contribution in [3.63, 3.8) is 0 Å². The maximum absolute atomic E-state index is 11.1. The Labute approximate surface area is 127 Å². The third kappa shape index (κ3) is 3.56. The van der Waals surface area contributed by atoms with Crippen LogP contribution in [0.1, 0.15) is 38.7 Å². The molecule has 1 fully saturated rings. The number of nitrogens with zero attached hydrogens (tertiary/aromatic N) is 2. The van der Waals surface area contributed by atoms with E-state index in [1.807, 2.05) is 6.07 Å². The van der Waals surface area contributed by atoms with Crippen LogP contribution in [0.25, 0.3) is 0 Å². The van der Waals surface area contributed by atoms with Crippen molar-refractivity contribution in [1.29, 1.82) is 0 Å². The predicted molar refractivity (Wildman–Crippen MR) is 82.3 cm³/mol. The van der Waals surface area contributed by atoms with Crippen LogP contribution < -0.4 is 5.43 Å². The Morgan fingerprint density at radius 2 is 2.05 bits per heavy atom. The second kappa shape index (κ2) is 6.65. The highest BCUT2D eigenvalue weighted by Crippen LogP contribution is 2.25. The summed E-state index contributed by atoms with van der Waals surface area (Å²) in [7, 11) is 0. The zero-order chi connectivity index (χ0) is 14.7. The molecule has 6 heteroatoms. The zero-order valence-corrected chi connectivity index (χ0v) is 13.4. The van der Waals surface area contributed by atoms with Crippen LogP contribution in [0.5, 0.6) is 0 Å². The maximum Gasteiger partial charge on any atom is 0.275 e. The van der Waals surface area contributed by atoms with Crippen LogP contribution in [0.15, 0.2) is 22.7 Å². The Bertz CT molecular complexity index is 485. The van der Waals surface area contributed by atoms with E-state index < -0.39 is 0 Å². The van der Waals surface area contributed by atoms with E-state index in [1.54, 1.807) is 12.1 Å². The number of hydrogen-bond donors (Lipinski definition) is 1. The van der Waals surface area contributed by atoms with Crippen molar-refractivity contribution in [1.82, 2.24) is 10.4 Å². The first-order valence-corrected chi connectivity index (χ1v) is 7.73. The Hall–Kier alpha value is -0.980. The van der Waals surface area contributed by atoms with E-state index in [0.717, 1.165) is 4.47 Å². The first kappa shape index (κ1) is 15.4. The van der Waals surface area contributed by atoms with E-state index in [1.165, 1.54) is 19.3 Å². The molecule has 0 aromatic heterocycles. The molecule has 2 unspecified atom stereocenters. The topological polar surface area (TPSA) is 58.4 Å². The number of hydrogen-bond acceptors (Lipinski definition) is 4. The van der Waals surface area contributed by atoms with Crippen LogP contribution in [0, 0.1) is 10.1 Å². The zero-order valence-electron chi connectivity index (χ0n) is 11.8. The van der Waals surface area contributed by atoms with Crippen molar-refractivity contribution in [3.05, 3.63) is 38.3 Å². The van der Waals surface area contributed by atoms with Crippen molar-refractivity contribution in [2.75, 3.05) is 0 Å². The van der Waals surface area contributed by atoms with E-state index in [0.29, 0.717) is 24.2 Å². The molecular weight excluding hydrogens is 322 g/mol. The second-order valence-electron chi connectivity index (χ2n) is 5.40. The fourth-order valence-electron chi connectivity index (χ4n) is 2.77. The van der Waals surface area contributed by atoms with Crippen molar-refractivity contribution >= 4 is 21.6 Å². The molecule has 1 aliphatic rings. The summed E-state index contributed by atoms with van der Waals surface area (Å²) in [6.45, 7) is 4.87. The lowest BCUT2D eigenvalue weighted by Gasteiger charge is -2.39. The van der Waals surface area contributed by atoms with E-state index in [2.05, 4.69) is 40.2 Å². The van der Waals surface area contributed by atoms with E-state index >= 15 is 0 Å². The van der Waals surface area contributed by atoms with Gasteiger partial charge in [-0.1, -0.05) is 22.4 Å². The fourth-order valence-corrected chi connectivity index (χ4v) is 3.11. The summed E-state index contributed by atoms with van der Waals surface area (Å²) in [6, 6.07) is 6.13. The number of nitro groups is 1. The normalized spacial score (nSPS) is 23.8. The lowest BCUT2D eigenvalue weighted by molar-refractivity contribution is -0.385. The second-order valence-corrected chi connectivity index (χ2v) is 6.32. The first-order valence-electron chi connectivity index (χ1n) is 6.93. The largest absolute Gasteiger partial charge is 0.275 e. The summed E-state index contributed by atoms with van der Waals surface area (Å²) in [5.41, 5.74) is 4.23. The summed E-state index contributed by atoms with van der Waals surface area (Å²) in [5.74, 6) is 0. The number of halogens is 1. The van der Waals surface area contributed by atoms with Crippen LogP contribution in [0.4, 0.5) is 5.69 Å². The smallest absolute Gasteiger partial charge is 0.258 e. The van der Waals surface area contributed by atoms with Crippen LogP contribution in [0.3, 0.4) is 0 Å². The van der Waals surface area contributed by atoms with E-state index in [4.69, 9.17) is 0 Å². The standard InChI is InChI=1S/C14H20BrN3O2/c1-10-4-3-5-11(2)17(10)16-9-12-6-7-13(15)8-14(12)18(19)20/h6-8,10-11,16H,3-5,9H2,1-2H3. The Kier molecular flexibility index (Phi) is 5.12. The summed E-state index contributed by atoms with van der Waals surface area (Å²) in [4.78, 5) is 10.8. The molecule has 5 nitrogen and oxygen atoms in total. The molecule has 20 heavy (non-hydrogen) atoms. The number of piperidine rings is 1. The van der Waals surface area contributed by atoms with Gasteiger partial charge in [0.25, 0.3) is 5.69 Å². The molecule has 2 atom stereocenters. The highest BCUT2D eigenvalue weighted by molar-refractivity contribution is 9.10. The van der Waals surface area contributed by atoms with E-state index in [-0.39, 0.29) is 10.6 Å². The molecule has 0 saturated carbocycles. The van der Waals surface area contributed by atoms with E-state index in [9.17, 15) is 10.1 Å². The minimum Gasteiger partial charge on any atom is -0.258 e. The number of rotatable bonds is 4. The van der Waals surface area contributed by atoms with Gasteiger partial charge in [-0.3, -0.25) is 15.5 Å². The van der Waals surface area contributed by atoms with Gasteiger partial charge in [0, 0.05) is 34.7 Å². The monoisotopic (exact) mass is 341 g/mol. The molecule has 1 aliphatic heterocycles. The van der Waals surface area contributed by atoms with Gasteiger partial charge in [0.15, 0.2) is 0 Å². The van der Waals surface area contributed by atoms with Crippen molar-refractivity contribution in [3.8, 4) is 0 Å². The van der Waals surface area contributed by atoms with Gasteiger partial charge in [-0.2, -0.15) is 0 Å². The molecule has 1 aromatic rings. The van der Waals surface area contributed by atoms with Gasteiger partial charge in [-0.05, 0) is 38.8 Å². The lowest BCUT2D eigenvalue weighted by Crippen LogP contribution is -2.51. The Morgan fingerprint density at radius 3 is 2.65 bits per heavy atom. The van der Waals surface area contributed by atoms with Gasteiger partial charge in [-0.15, -0.1) is 0 Å². The highest BCUT2D eigenvalue weighted by atomic mass is 79.9. The minimum atomic E-state index is -0.329. The average Bonchev–Trinajstić information content (AvgIpc) is 2.39. The Balaban J connectivity index is 2.08. The molecule has 0 spiro atoms. The van der Waals surface area contributed by atoms with Gasteiger partial charge in [0.05, 0.1) is 4.92 Å². The van der Waals surface area contributed by atoms with Gasteiger partial charge in [0.2, 0.25) is 0 Å². The minimum absolute atomic E-state index is 0.157. The Morgan fingerprint density at radius 1 is 1.40 bits per heavy atom. The van der Waals surface area contributed by atoms with Gasteiger partial charge >= 0.3 is 0 Å². The number of nitro benzene ring substituents is 1. The molecular formula is C14H20BrN3O2. The number of nitrogens with one attached hydrogen (secondary N) is 1. The molecule has 1 aromatic carbocycles.